The molecule has 4 nitrogen and oxygen atoms in total. The molecular formula is C20H19N3O. The highest BCUT2D eigenvalue weighted by Gasteiger charge is 2.23. The third-order valence-electron chi connectivity index (χ3n) is 4.04. The highest BCUT2D eigenvalue weighted by molar-refractivity contribution is 5.98. The Balaban J connectivity index is 1.94. The second-order valence-electron chi connectivity index (χ2n) is 5.67. The van der Waals surface area contributed by atoms with Gasteiger partial charge < -0.3 is 4.90 Å². The summed E-state index contributed by atoms with van der Waals surface area (Å²) in [5, 5.41) is 0. The molecule has 24 heavy (non-hydrogen) atoms. The number of carbonyl (C=O) groups is 1. The summed E-state index contributed by atoms with van der Waals surface area (Å²) in [6, 6.07) is 11.8. The number of nitrogens with zero attached hydrogens (tertiary/aromatic N) is 3. The molecule has 1 aliphatic heterocycles. The molecule has 1 aliphatic rings. The van der Waals surface area contributed by atoms with Crippen LogP contribution < -0.4 is 0 Å². The standard InChI is InChI=1S/C20H19N3O/c1-4-22-19-15(6-5-7-18(19)21-2)10-8-14-9-11-17-16(12-14)13-23(3)20(17)24/h4-12H,2,13H2,1,3H3/b10-8+,22-4?. The fraction of sp³-hybridized carbons (Fsp3) is 0.150. The van der Waals surface area contributed by atoms with Crippen molar-refractivity contribution in [3.05, 3.63) is 58.7 Å². The summed E-state index contributed by atoms with van der Waals surface area (Å²) < 4.78 is 0. The molecule has 0 radical (unpaired) electrons. The SMILES string of the molecule is C=Nc1cccc(/C=C/c2ccc3c(c2)CN(C)C3=O)c1N=CC. The summed E-state index contributed by atoms with van der Waals surface area (Å²) >= 11 is 0. The van der Waals surface area contributed by atoms with E-state index >= 15 is 0 Å². The van der Waals surface area contributed by atoms with E-state index in [4.69, 9.17) is 0 Å². The van der Waals surface area contributed by atoms with Crippen LogP contribution in [0.5, 0.6) is 0 Å². The molecule has 0 atom stereocenters. The van der Waals surface area contributed by atoms with Crippen molar-refractivity contribution in [2.45, 2.75) is 13.5 Å². The van der Waals surface area contributed by atoms with E-state index in [9.17, 15) is 4.79 Å². The molecule has 0 saturated heterocycles. The molecule has 0 aromatic heterocycles. The minimum absolute atomic E-state index is 0.0878. The van der Waals surface area contributed by atoms with Gasteiger partial charge in [0.15, 0.2) is 0 Å². The van der Waals surface area contributed by atoms with Gasteiger partial charge in [0, 0.05) is 30.9 Å². The van der Waals surface area contributed by atoms with Crippen LogP contribution in [0.25, 0.3) is 12.2 Å². The van der Waals surface area contributed by atoms with E-state index in [0.717, 1.165) is 33.6 Å². The Morgan fingerprint density at radius 1 is 1.21 bits per heavy atom. The van der Waals surface area contributed by atoms with E-state index in [-0.39, 0.29) is 5.91 Å². The molecule has 2 aromatic carbocycles. The zero-order valence-electron chi connectivity index (χ0n) is 13.9. The molecule has 0 unspecified atom stereocenters. The Bertz CT molecular complexity index is 865. The zero-order valence-corrected chi connectivity index (χ0v) is 13.9. The van der Waals surface area contributed by atoms with Crippen LogP contribution >= 0.6 is 0 Å². The lowest BCUT2D eigenvalue weighted by Crippen LogP contribution is -2.17. The summed E-state index contributed by atoms with van der Waals surface area (Å²) in [5.41, 5.74) is 5.47. The van der Waals surface area contributed by atoms with Crippen molar-refractivity contribution < 1.29 is 4.79 Å². The topological polar surface area (TPSA) is 45.0 Å². The molecule has 0 bridgehead atoms. The molecule has 2 aromatic rings. The number of carbonyl (C=O) groups excluding carboxylic acids is 1. The molecule has 1 heterocycles. The number of para-hydroxylation sites is 1. The lowest BCUT2D eigenvalue weighted by molar-refractivity contribution is 0.0816. The van der Waals surface area contributed by atoms with E-state index < -0.39 is 0 Å². The summed E-state index contributed by atoms with van der Waals surface area (Å²) in [6.07, 6.45) is 5.79. The lowest BCUT2D eigenvalue weighted by atomic mass is 10.0. The fourth-order valence-corrected chi connectivity index (χ4v) is 2.86. The maximum atomic E-state index is 11.9. The molecule has 0 fully saturated rings. The van der Waals surface area contributed by atoms with Gasteiger partial charge in [-0.15, -0.1) is 0 Å². The number of aliphatic imine (C=N–C) groups is 2. The highest BCUT2D eigenvalue weighted by Crippen LogP contribution is 2.32. The zero-order chi connectivity index (χ0) is 17.1. The van der Waals surface area contributed by atoms with Crippen LogP contribution in [0.4, 0.5) is 11.4 Å². The molecule has 3 rings (SSSR count). The van der Waals surface area contributed by atoms with Gasteiger partial charge in [0.05, 0.1) is 11.4 Å². The summed E-state index contributed by atoms with van der Waals surface area (Å²) in [7, 11) is 1.82. The molecule has 0 saturated carbocycles. The molecule has 0 aliphatic carbocycles. The maximum absolute atomic E-state index is 11.9. The smallest absolute Gasteiger partial charge is 0.254 e. The largest absolute Gasteiger partial charge is 0.337 e. The van der Waals surface area contributed by atoms with Gasteiger partial charge in [-0.1, -0.05) is 30.4 Å². The van der Waals surface area contributed by atoms with Crippen LogP contribution in [0.3, 0.4) is 0 Å². The second kappa shape index (κ2) is 6.62. The fourth-order valence-electron chi connectivity index (χ4n) is 2.86. The predicted octanol–water partition coefficient (Wildman–Crippen LogP) is 4.50. The Hall–Kier alpha value is -3.01. The maximum Gasteiger partial charge on any atom is 0.254 e. The van der Waals surface area contributed by atoms with Crippen molar-refractivity contribution >= 4 is 42.4 Å². The number of fused-ring (bicyclic) bond motifs is 1. The van der Waals surface area contributed by atoms with Gasteiger partial charge in [-0.05, 0) is 43.0 Å². The Kier molecular flexibility index (Phi) is 4.38. The number of hydrogen-bond acceptors (Lipinski definition) is 3. The van der Waals surface area contributed by atoms with Crippen LogP contribution in [0, 0.1) is 0 Å². The van der Waals surface area contributed by atoms with E-state index in [1.165, 1.54) is 0 Å². The number of amides is 1. The van der Waals surface area contributed by atoms with Crippen molar-refractivity contribution in [1.82, 2.24) is 4.90 Å². The van der Waals surface area contributed by atoms with Crippen LogP contribution in [-0.2, 0) is 6.54 Å². The molecule has 4 heteroatoms. The van der Waals surface area contributed by atoms with Gasteiger partial charge >= 0.3 is 0 Å². The first-order valence-electron chi connectivity index (χ1n) is 7.79. The Morgan fingerprint density at radius 2 is 2.04 bits per heavy atom. The first-order chi connectivity index (χ1) is 11.6. The minimum Gasteiger partial charge on any atom is -0.337 e. The second-order valence-corrected chi connectivity index (χ2v) is 5.67. The molecule has 1 amide bonds. The summed E-state index contributed by atoms with van der Waals surface area (Å²) in [4.78, 5) is 22.1. The van der Waals surface area contributed by atoms with E-state index in [2.05, 4.69) is 22.8 Å². The van der Waals surface area contributed by atoms with Crippen molar-refractivity contribution in [2.75, 3.05) is 7.05 Å². The van der Waals surface area contributed by atoms with Gasteiger partial charge in [-0.2, -0.15) is 0 Å². The van der Waals surface area contributed by atoms with E-state index in [1.807, 2.05) is 56.5 Å². The Labute approximate surface area is 141 Å². The van der Waals surface area contributed by atoms with E-state index in [1.54, 1.807) is 11.1 Å². The molecule has 0 N–H and O–H groups in total. The van der Waals surface area contributed by atoms with Gasteiger partial charge in [0.25, 0.3) is 5.91 Å². The monoisotopic (exact) mass is 317 g/mol. The van der Waals surface area contributed by atoms with Crippen LogP contribution in [0.1, 0.15) is 34.0 Å². The average molecular weight is 317 g/mol. The first-order valence-corrected chi connectivity index (χ1v) is 7.79. The van der Waals surface area contributed by atoms with Gasteiger partial charge in [-0.3, -0.25) is 14.8 Å². The third-order valence-corrected chi connectivity index (χ3v) is 4.04. The molecule has 120 valence electrons. The normalized spacial score (nSPS) is 13.9. The molecular weight excluding hydrogens is 298 g/mol. The summed E-state index contributed by atoms with van der Waals surface area (Å²) in [5.74, 6) is 0.0878. The van der Waals surface area contributed by atoms with Crippen molar-refractivity contribution in [2.24, 2.45) is 9.98 Å². The van der Waals surface area contributed by atoms with Crippen molar-refractivity contribution in [1.29, 1.82) is 0 Å². The minimum atomic E-state index is 0.0878. The molecule has 0 spiro atoms. The highest BCUT2D eigenvalue weighted by atomic mass is 16.2. The first kappa shape index (κ1) is 15.9. The van der Waals surface area contributed by atoms with Gasteiger partial charge in [0.2, 0.25) is 0 Å². The number of benzene rings is 2. The quantitative estimate of drug-likeness (QED) is 0.605. The van der Waals surface area contributed by atoms with Crippen molar-refractivity contribution in [3.63, 3.8) is 0 Å². The summed E-state index contributed by atoms with van der Waals surface area (Å²) in [6.45, 7) is 6.14. The van der Waals surface area contributed by atoms with Crippen LogP contribution in [0.15, 0.2) is 46.4 Å². The average Bonchev–Trinajstić information content (AvgIpc) is 2.88. The third kappa shape index (κ3) is 2.91. The Morgan fingerprint density at radius 3 is 2.79 bits per heavy atom. The van der Waals surface area contributed by atoms with Gasteiger partial charge in [-0.25, -0.2) is 0 Å². The van der Waals surface area contributed by atoms with E-state index in [0.29, 0.717) is 6.54 Å². The predicted molar refractivity (Wildman–Crippen MR) is 101 cm³/mol. The van der Waals surface area contributed by atoms with Crippen molar-refractivity contribution in [3.8, 4) is 0 Å². The van der Waals surface area contributed by atoms with Crippen LogP contribution in [0.2, 0.25) is 0 Å². The lowest BCUT2D eigenvalue weighted by Gasteiger charge is -2.04. The number of rotatable bonds is 4. The number of hydrogen-bond donors (Lipinski definition) is 0. The van der Waals surface area contributed by atoms with Gasteiger partial charge in [0.1, 0.15) is 0 Å². The van der Waals surface area contributed by atoms with Crippen LogP contribution in [-0.4, -0.2) is 30.8 Å².